The fraction of sp³-hybridized carbons (Fsp3) is 0.250. The third-order valence-corrected chi connectivity index (χ3v) is 3.38. The first kappa shape index (κ1) is 20.3. The van der Waals surface area contributed by atoms with Crippen molar-refractivity contribution in [3.05, 3.63) is 39.4 Å². The quantitative estimate of drug-likeness (QED) is 0.381. The summed E-state index contributed by atoms with van der Waals surface area (Å²) in [7, 11) is 0. The van der Waals surface area contributed by atoms with Gasteiger partial charge in [-0.3, -0.25) is 4.79 Å². The van der Waals surface area contributed by atoms with Crippen molar-refractivity contribution in [2.75, 3.05) is 0 Å². The van der Waals surface area contributed by atoms with E-state index in [4.69, 9.17) is 0 Å². The van der Waals surface area contributed by atoms with Crippen molar-refractivity contribution >= 4 is 27.5 Å². The van der Waals surface area contributed by atoms with Crippen molar-refractivity contribution in [3.8, 4) is 0 Å². The van der Waals surface area contributed by atoms with Gasteiger partial charge in [0.1, 0.15) is 5.76 Å². The molecule has 0 fully saturated rings. The lowest BCUT2D eigenvalue weighted by Crippen LogP contribution is -2.20. The molecule has 1 aromatic carbocycles. The molecule has 0 bridgehead atoms. The van der Waals surface area contributed by atoms with Gasteiger partial charge >= 0.3 is 18.5 Å². The number of allylic oxidation sites excluding steroid dienone is 1. The number of rotatable bonds is 2. The predicted molar refractivity (Wildman–Crippen MR) is 65.8 cm³/mol. The molecule has 0 saturated carbocycles. The van der Waals surface area contributed by atoms with E-state index in [0.29, 0.717) is 0 Å². The minimum absolute atomic E-state index is 0.0190. The number of carbonyl (C=O) groups is 1. The van der Waals surface area contributed by atoms with Crippen LogP contribution in [0.5, 0.6) is 0 Å². The van der Waals surface area contributed by atoms with Gasteiger partial charge in [0.25, 0.3) is 5.78 Å². The van der Waals surface area contributed by atoms with Crippen molar-refractivity contribution < 1.29 is 49.4 Å². The summed E-state index contributed by atoms with van der Waals surface area (Å²) in [6, 6.07) is -0.304. The lowest BCUT2D eigenvalue weighted by Gasteiger charge is -2.16. The summed E-state index contributed by atoms with van der Waals surface area (Å²) in [5.41, 5.74) is -5.02. The first-order valence-electron chi connectivity index (χ1n) is 5.55. The second-order valence-electron chi connectivity index (χ2n) is 4.27. The molecule has 0 aliphatic rings. The summed E-state index contributed by atoms with van der Waals surface area (Å²) in [5, 5.41) is 9.39. The van der Waals surface area contributed by atoms with Crippen LogP contribution < -0.4 is 0 Å². The number of carbonyl (C=O) groups excluding carboxylic acids is 1. The van der Waals surface area contributed by atoms with Crippen molar-refractivity contribution in [2.45, 2.75) is 18.5 Å². The summed E-state index contributed by atoms with van der Waals surface area (Å²) in [4.78, 5) is 10.7. The molecule has 1 aromatic rings. The van der Waals surface area contributed by atoms with Gasteiger partial charge in [0, 0.05) is 16.1 Å². The highest BCUT2D eigenvalue weighted by molar-refractivity contribution is 9.10. The molecule has 24 heavy (non-hydrogen) atoms. The largest absolute Gasteiger partial charge is 0.507 e. The number of ketones is 1. The summed E-state index contributed by atoms with van der Waals surface area (Å²) in [6.45, 7) is 0. The average molecular weight is 431 g/mol. The minimum Gasteiger partial charge on any atom is -0.507 e. The molecule has 1 rings (SSSR count). The van der Waals surface area contributed by atoms with Crippen LogP contribution in [0.3, 0.4) is 0 Å². The maximum Gasteiger partial charge on any atom is 0.454 e. The summed E-state index contributed by atoms with van der Waals surface area (Å²) >= 11 is 2.28. The van der Waals surface area contributed by atoms with Crippen LogP contribution in [0, 0.1) is 0 Å². The molecule has 0 radical (unpaired) electrons. The fourth-order valence-corrected chi connectivity index (χ4v) is 2.12. The Morgan fingerprint density at radius 1 is 0.958 bits per heavy atom. The number of benzene rings is 1. The molecule has 0 heterocycles. The number of halogens is 10. The molecule has 0 aromatic heterocycles. The first-order valence-corrected chi connectivity index (χ1v) is 6.34. The van der Waals surface area contributed by atoms with Crippen molar-refractivity contribution in [1.82, 2.24) is 0 Å². The maximum absolute atomic E-state index is 12.8. The Hall–Kier alpha value is -1.72. The van der Waals surface area contributed by atoms with Gasteiger partial charge in [-0.2, -0.15) is 39.5 Å². The summed E-state index contributed by atoms with van der Waals surface area (Å²) in [5.74, 6) is -4.36. The zero-order chi connectivity index (χ0) is 19.1. The summed E-state index contributed by atoms with van der Waals surface area (Å²) in [6.07, 6.45) is -16.6. The minimum atomic E-state index is -5.46. The molecule has 12 heteroatoms. The van der Waals surface area contributed by atoms with Crippen LogP contribution in [0.25, 0.3) is 5.76 Å². The van der Waals surface area contributed by atoms with Crippen molar-refractivity contribution in [1.29, 1.82) is 0 Å². The highest BCUT2D eigenvalue weighted by atomic mass is 79.9. The fourth-order valence-electron chi connectivity index (χ4n) is 1.46. The van der Waals surface area contributed by atoms with Gasteiger partial charge < -0.3 is 5.11 Å². The van der Waals surface area contributed by atoms with E-state index in [2.05, 4.69) is 15.9 Å². The topological polar surface area (TPSA) is 37.3 Å². The Morgan fingerprint density at radius 2 is 1.46 bits per heavy atom. The van der Waals surface area contributed by atoms with Gasteiger partial charge in [-0.05, 0) is 28.1 Å². The molecule has 2 nitrogen and oxygen atoms in total. The monoisotopic (exact) mass is 430 g/mol. The highest BCUT2D eigenvalue weighted by Crippen LogP contribution is 2.42. The van der Waals surface area contributed by atoms with Crippen LogP contribution in [-0.2, 0) is 17.1 Å². The molecule has 0 saturated heterocycles. The Balaban J connectivity index is 3.64. The number of aliphatic hydroxyl groups excluding tert-OH is 1. The van der Waals surface area contributed by atoms with E-state index in [0.717, 1.165) is 0 Å². The molecule has 0 aliphatic carbocycles. The van der Waals surface area contributed by atoms with Gasteiger partial charge in [0.15, 0.2) is 0 Å². The molecule has 0 aliphatic heterocycles. The second kappa shape index (κ2) is 6.30. The van der Waals surface area contributed by atoms with E-state index in [1.54, 1.807) is 0 Å². The van der Waals surface area contributed by atoms with E-state index in [1.807, 2.05) is 0 Å². The van der Waals surface area contributed by atoms with E-state index in [9.17, 15) is 49.4 Å². The number of aliphatic hydroxyl groups is 1. The van der Waals surface area contributed by atoms with E-state index < -0.39 is 57.3 Å². The normalized spacial score (nSPS) is 14.0. The molecule has 0 spiro atoms. The molecule has 0 unspecified atom stereocenters. The molecule has 0 amide bonds. The third kappa shape index (κ3) is 4.65. The molecular weight excluding hydrogens is 427 g/mol. The SMILES string of the molecule is O=C(/C=C(\O)c1cc(C(F)(F)F)cc(C(F)(F)F)c1Br)C(F)(F)F. The van der Waals surface area contributed by atoms with E-state index in [1.165, 1.54) is 0 Å². The zero-order valence-electron chi connectivity index (χ0n) is 10.9. The smallest absolute Gasteiger partial charge is 0.454 e. The number of alkyl halides is 9. The van der Waals surface area contributed by atoms with E-state index >= 15 is 0 Å². The van der Waals surface area contributed by atoms with Gasteiger partial charge in [-0.25, -0.2) is 0 Å². The zero-order valence-corrected chi connectivity index (χ0v) is 12.5. The second-order valence-corrected chi connectivity index (χ2v) is 5.07. The lowest BCUT2D eigenvalue weighted by molar-refractivity contribution is -0.165. The first-order chi connectivity index (χ1) is 10.5. The van der Waals surface area contributed by atoms with Gasteiger partial charge in [-0.15, -0.1) is 0 Å². The number of hydrogen-bond donors (Lipinski definition) is 1. The lowest BCUT2D eigenvalue weighted by atomic mass is 10.0. The van der Waals surface area contributed by atoms with Crippen LogP contribution in [0.2, 0.25) is 0 Å². The van der Waals surface area contributed by atoms with Crippen LogP contribution in [0.15, 0.2) is 22.7 Å². The maximum atomic E-state index is 12.8. The third-order valence-electron chi connectivity index (χ3n) is 2.53. The van der Waals surface area contributed by atoms with Gasteiger partial charge in [-0.1, -0.05) is 0 Å². The van der Waals surface area contributed by atoms with Crippen LogP contribution >= 0.6 is 15.9 Å². The van der Waals surface area contributed by atoms with Gasteiger partial charge in [0.2, 0.25) is 0 Å². The van der Waals surface area contributed by atoms with Crippen molar-refractivity contribution in [3.63, 3.8) is 0 Å². The van der Waals surface area contributed by atoms with Crippen LogP contribution in [-0.4, -0.2) is 17.1 Å². The Labute approximate surface area is 135 Å². The van der Waals surface area contributed by atoms with Crippen molar-refractivity contribution in [2.24, 2.45) is 0 Å². The Kier molecular flexibility index (Phi) is 5.33. The van der Waals surface area contributed by atoms with Crippen LogP contribution in [0.1, 0.15) is 16.7 Å². The highest BCUT2D eigenvalue weighted by Gasteiger charge is 2.40. The van der Waals surface area contributed by atoms with Gasteiger partial charge in [0.05, 0.1) is 11.1 Å². The standard InChI is InChI=1S/C12H4BrF9O2/c13-9-5(7(23)3-8(24)12(20,21)22)1-4(10(14,15)16)2-6(9)11(17,18)19/h1-3,23H/b7-3-. The molecule has 1 N–H and O–H groups in total. The Bertz CT molecular complexity index is 683. The molecular formula is C12H4BrF9O2. The summed E-state index contributed by atoms with van der Waals surface area (Å²) < 4.78 is 111. The number of hydrogen-bond acceptors (Lipinski definition) is 2. The average Bonchev–Trinajstić information content (AvgIpc) is 2.34. The predicted octanol–water partition coefficient (Wildman–Crippen LogP) is 5.52. The van der Waals surface area contributed by atoms with Crippen LogP contribution in [0.4, 0.5) is 39.5 Å². The van der Waals surface area contributed by atoms with E-state index in [-0.39, 0.29) is 12.1 Å². The Morgan fingerprint density at radius 3 is 1.83 bits per heavy atom. The molecule has 134 valence electrons. The molecule has 0 atom stereocenters.